The predicted molar refractivity (Wildman–Crippen MR) is 101 cm³/mol. The highest BCUT2D eigenvalue weighted by molar-refractivity contribution is 5.95. The third-order valence-electron chi connectivity index (χ3n) is 3.83. The summed E-state index contributed by atoms with van der Waals surface area (Å²) < 4.78 is 0. The molecule has 0 aliphatic rings. The number of urea groups is 1. The molecule has 0 saturated heterocycles. The number of halogens is 1. The number of carbonyl (C=O) groups is 2. The third-order valence-corrected chi connectivity index (χ3v) is 3.83. The lowest BCUT2D eigenvalue weighted by molar-refractivity contribution is 0.0942. The molecule has 136 valence electrons. The van der Waals surface area contributed by atoms with Gasteiger partial charge in [-0.05, 0) is 51.0 Å². The molecule has 0 bridgehead atoms. The lowest BCUT2D eigenvalue weighted by atomic mass is 9.94. The normalized spacial score (nSPS) is 10.8. The maximum Gasteiger partial charge on any atom is 0.319 e. The third kappa shape index (κ3) is 7.19. The van der Waals surface area contributed by atoms with Crippen LogP contribution in [-0.4, -0.2) is 30.1 Å². The number of rotatable bonds is 7. The van der Waals surface area contributed by atoms with E-state index in [1.165, 1.54) is 0 Å². The first-order valence-corrected chi connectivity index (χ1v) is 8.04. The van der Waals surface area contributed by atoms with E-state index in [0.717, 1.165) is 12.8 Å². The van der Waals surface area contributed by atoms with E-state index in [9.17, 15) is 9.59 Å². The van der Waals surface area contributed by atoms with Crippen molar-refractivity contribution in [3.05, 3.63) is 29.8 Å². The molecular formula is C17H29ClN4O2. The van der Waals surface area contributed by atoms with Crippen molar-refractivity contribution in [2.45, 2.75) is 52.1 Å². The van der Waals surface area contributed by atoms with Gasteiger partial charge in [0.05, 0.1) is 0 Å². The number of nitrogens with one attached hydrogen (secondary N) is 3. The summed E-state index contributed by atoms with van der Waals surface area (Å²) in [6, 6.07) is 6.55. The van der Waals surface area contributed by atoms with Crippen LogP contribution in [0.15, 0.2) is 24.3 Å². The average molecular weight is 357 g/mol. The van der Waals surface area contributed by atoms with Crippen LogP contribution in [0.4, 0.5) is 10.5 Å². The second kappa shape index (κ2) is 10.2. The largest absolute Gasteiger partial charge is 0.350 e. The Morgan fingerprint density at radius 1 is 1.12 bits per heavy atom. The molecule has 5 N–H and O–H groups in total. The van der Waals surface area contributed by atoms with Gasteiger partial charge in [0.2, 0.25) is 0 Å². The van der Waals surface area contributed by atoms with Gasteiger partial charge in [0.15, 0.2) is 0 Å². The number of nitrogens with two attached hydrogens (primary N) is 1. The fraction of sp³-hybridized carbons (Fsp3) is 0.529. The lowest BCUT2D eigenvalue weighted by Crippen LogP contribution is -2.49. The molecule has 0 atom stereocenters. The second-order valence-electron chi connectivity index (χ2n) is 6.08. The number of hydrogen-bond acceptors (Lipinski definition) is 3. The van der Waals surface area contributed by atoms with Gasteiger partial charge in [-0.2, -0.15) is 0 Å². The first kappa shape index (κ1) is 22.2. The highest BCUT2D eigenvalue weighted by Gasteiger charge is 2.21. The van der Waals surface area contributed by atoms with Crippen molar-refractivity contribution < 1.29 is 9.59 Å². The van der Waals surface area contributed by atoms with Crippen LogP contribution >= 0.6 is 12.4 Å². The van der Waals surface area contributed by atoms with Gasteiger partial charge < -0.3 is 21.7 Å². The van der Waals surface area contributed by atoms with Gasteiger partial charge in [0.1, 0.15) is 0 Å². The molecule has 0 radical (unpaired) electrons. The molecule has 0 spiro atoms. The number of carbonyl (C=O) groups excluding carboxylic acids is 2. The molecule has 0 heterocycles. The predicted octanol–water partition coefficient (Wildman–Crippen LogP) is 2.89. The van der Waals surface area contributed by atoms with Crippen LogP contribution in [0.2, 0.25) is 0 Å². The van der Waals surface area contributed by atoms with E-state index < -0.39 is 0 Å². The van der Waals surface area contributed by atoms with Crippen LogP contribution in [-0.2, 0) is 0 Å². The minimum atomic E-state index is -0.369. The van der Waals surface area contributed by atoms with E-state index in [0.29, 0.717) is 17.8 Å². The van der Waals surface area contributed by atoms with Crippen LogP contribution < -0.4 is 21.7 Å². The highest BCUT2D eigenvalue weighted by Crippen LogP contribution is 2.12. The Kier molecular flexibility index (Phi) is 9.40. The van der Waals surface area contributed by atoms with Gasteiger partial charge in [0, 0.05) is 29.4 Å². The summed E-state index contributed by atoms with van der Waals surface area (Å²) in [4.78, 5) is 23.7. The summed E-state index contributed by atoms with van der Waals surface area (Å²) in [5.74, 6) is -0.167. The fourth-order valence-electron chi connectivity index (χ4n) is 1.99. The topological polar surface area (TPSA) is 96.2 Å². The molecule has 0 aromatic heterocycles. The zero-order valence-corrected chi connectivity index (χ0v) is 15.6. The SMILES string of the molecule is CCC(N)(CC)CNC(=O)c1ccc(NC(=O)NC(C)C)cc1.Cl. The van der Waals surface area contributed by atoms with Crippen molar-refractivity contribution >= 4 is 30.0 Å². The summed E-state index contributed by atoms with van der Waals surface area (Å²) in [6.07, 6.45) is 1.61. The van der Waals surface area contributed by atoms with E-state index in [1.807, 2.05) is 27.7 Å². The highest BCUT2D eigenvalue weighted by atomic mass is 35.5. The van der Waals surface area contributed by atoms with Crippen LogP contribution in [0.25, 0.3) is 0 Å². The molecule has 0 saturated carbocycles. The first-order valence-electron chi connectivity index (χ1n) is 8.04. The maximum atomic E-state index is 12.1. The van der Waals surface area contributed by atoms with Gasteiger partial charge in [-0.25, -0.2) is 4.79 Å². The van der Waals surface area contributed by atoms with Gasteiger partial charge in [-0.15, -0.1) is 12.4 Å². The second-order valence-corrected chi connectivity index (χ2v) is 6.08. The zero-order valence-electron chi connectivity index (χ0n) is 14.8. The standard InChI is InChI=1S/C17H28N4O2.ClH/c1-5-17(18,6-2)11-19-15(22)13-7-9-14(10-8-13)21-16(23)20-12(3)4;/h7-10,12H,5-6,11,18H2,1-4H3,(H,19,22)(H2,20,21,23);1H. The molecule has 0 aliphatic heterocycles. The number of anilines is 1. The van der Waals surface area contributed by atoms with Crippen LogP contribution in [0, 0.1) is 0 Å². The summed E-state index contributed by atoms with van der Waals surface area (Å²) in [6.45, 7) is 8.24. The summed E-state index contributed by atoms with van der Waals surface area (Å²) in [5.41, 5.74) is 6.97. The number of amides is 3. The van der Waals surface area contributed by atoms with E-state index in [4.69, 9.17) is 5.73 Å². The van der Waals surface area contributed by atoms with Gasteiger partial charge in [-0.1, -0.05) is 13.8 Å². The van der Waals surface area contributed by atoms with Crippen LogP contribution in [0.3, 0.4) is 0 Å². The van der Waals surface area contributed by atoms with E-state index in [-0.39, 0.29) is 35.9 Å². The van der Waals surface area contributed by atoms with Gasteiger partial charge in [-0.3, -0.25) is 4.79 Å². The van der Waals surface area contributed by atoms with Crippen molar-refractivity contribution in [2.75, 3.05) is 11.9 Å². The van der Waals surface area contributed by atoms with Crippen molar-refractivity contribution in [3.8, 4) is 0 Å². The van der Waals surface area contributed by atoms with Crippen molar-refractivity contribution in [1.29, 1.82) is 0 Å². The zero-order chi connectivity index (χ0) is 17.5. The van der Waals surface area contributed by atoms with Gasteiger partial charge >= 0.3 is 6.03 Å². The average Bonchev–Trinajstić information content (AvgIpc) is 2.52. The summed E-state index contributed by atoms with van der Waals surface area (Å²) in [7, 11) is 0. The minimum Gasteiger partial charge on any atom is -0.350 e. The molecule has 1 aromatic carbocycles. The van der Waals surface area contributed by atoms with E-state index in [2.05, 4.69) is 16.0 Å². The van der Waals surface area contributed by atoms with Crippen molar-refractivity contribution in [3.63, 3.8) is 0 Å². The van der Waals surface area contributed by atoms with Gasteiger partial charge in [0.25, 0.3) is 5.91 Å². The quantitative estimate of drug-likeness (QED) is 0.604. The maximum absolute atomic E-state index is 12.1. The molecular weight excluding hydrogens is 328 g/mol. The first-order chi connectivity index (χ1) is 10.8. The molecule has 7 heteroatoms. The molecule has 24 heavy (non-hydrogen) atoms. The fourth-order valence-corrected chi connectivity index (χ4v) is 1.99. The summed E-state index contributed by atoms with van der Waals surface area (Å²) >= 11 is 0. The smallest absolute Gasteiger partial charge is 0.319 e. The Labute approximate surface area is 150 Å². The van der Waals surface area contributed by atoms with Crippen molar-refractivity contribution in [1.82, 2.24) is 10.6 Å². The monoisotopic (exact) mass is 356 g/mol. The number of hydrogen-bond donors (Lipinski definition) is 4. The molecule has 0 aliphatic carbocycles. The van der Waals surface area contributed by atoms with Crippen LogP contribution in [0.5, 0.6) is 0 Å². The molecule has 0 unspecified atom stereocenters. The molecule has 1 rings (SSSR count). The van der Waals surface area contributed by atoms with E-state index in [1.54, 1.807) is 24.3 Å². The number of benzene rings is 1. The Morgan fingerprint density at radius 2 is 1.67 bits per heavy atom. The Balaban J connectivity index is 0.00000529. The molecule has 6 nitrogen and oxygen atoms in total. The molecule has 3 amide bonds. The molecule has 0 fully saturated rings. The van der Waals surface area contributed by atoms with E-state index >= 15 is 0 Å². The van der Waals surface area contributed by atoms with Crippen molar-refractivity contribution in [2.24, 2.45) is 5.73 Å². The Bertz CT molecular complexity index is 528. The molecule has 1 aromatic rings. The Morgan fingerprint density at radius 3 is 2.12 bits per heavy atom. The lowest BCUT2D eigenvalue weighted by Gasteiger charge is -2.26. The van der Waals surface area contributed by atoms with Crippen LogP contribution in [0.1, 0.15) is 50.9 Å². The Hall–Kier alpha value is -1.79. The minimum absolute atomic E-state index is 0. The summed E-state index contributed by atoms with van der Waals surface area (Å²) in [5, 5.41) is 8.31.